The third-order valence-electron chi connectivity index (χ3n) is 3.49. The van der Waals surface area contributed by atoms with Crippen LogP contribution in [0.5, 0.6) is 0 Å². The van der Waals surface area contributed by atoms with Crippen LogP contribution in [0.25, 0.3) is 0 Å². The number of benzene rings is 1. The van der Waals surface area contributed by atoms with Crippen molar-refractivity contribution in [3.05, 3.63) is 29.3 Å². The summed E-state index contributed by atoms with van der Waals surface area (Å²) >= 11 is 0. The number of hydrogen-bond donors (Lipinski definition) is 2. The second kappa shape index (κ2) is 9.43. The Balaban J connectivity index is 2.95. The number of carbonyl (C=O) groups excluding carboxylic acids is 1. The number of aliphatic hydroxyl groups is 1. The summed E-state index contributed by atoms with van der Waals surface area (Å²) in [6, 6.07) is 4.72. The van der Waals surface area contributed by atoms with Crippen molar-refractivity contribution in [1.82, 2.24) is 4.47 Å². The summed E-state index contributed by atoms with van der Waals surface area (Å²) in [4.78, 5) is 17.5. The zero-order valence-corrected chi connectivity index (χ0v) is 16.8. The van der Waals surface area contributed by atoms with Crippen LogP contribution in [0.1, 0.15) is 38.8 Å². The fourth-order valence-corrected chi connectivity index (χ4v) is 3.47. The number of carbonyl (C=O) groups is 1. The maximum Gasteiger partial charge on any atom is 0.272 e. The molecule has 0 bridgehead atoms. The smallest absolute Gasteiger partial charge is 0.272 e. The van der Waals surface area contributed by atoms with Crippen LogP contribution in [-0.4, -0.2) is 48.3 Å². The molecule has 0 heterocycles. The van der Waals surface area contributed by atoms with Gasteiger partial charge in [0.2, 0.25) is 0 Å². The van der Waals surface area contributed by atoms with E-state index in [-0.39, 0.29) is 12.9 Å². The van der Waals surface area contributed by atoms with Gasteiger partial charge >= 0.3 is 0 Å². The maximum atomic E-state index is 12.6. The second-order valence-electron chi connectivity index (χ2n) is 6.46. The number of aryl methyl sites for hydroxylation is 2. The molecular formula is C17H28N2O6S. The molecule has 1 aromatic carbocycles. The molecule has 0 radical (unpaired) electrons. The fourth-order valence-electron chi connectivity index (χ4n) is 2.17. The summed E-state index contributed by atoms with van der Waals surface area (Å²) < 4.78 is 30.9. The summed E-state index contributed by atoms with van der Waals surface area (Å²) in [5.74, 6) is -1.05. The predicted octanol–water partition coefficient (Wildman–Crippen LogP) is 1.91. The highest BCUT2D eigenvalue weighted by molar-refractivity contribution is 7.90. The van der Waals surface area contributed by atoms with Crippen LogP contribution in [0, 0.1) is 13.8 Å². The number of hydroxylamine groups is 1. The first-order valence-corrected chi connectivity index (χ1v) is 9.81. The molecule has 8 nitrogen and oxygen atoms in total. The molecule has 26 heavy (non-hydrogen) atoms. The molecule has 0 saturated heterocycles. The van der Waals surface area contributed by atoms with Gasteiger partial charge in [0.05, 0.1) is 6.10 Å². The molecule has 0 saturated carbocycles. The third-order valence-corrected chi connectivity index (χ3v) is 5.30. The highest BCUT2D eigenvalue weighted by atomic mass is 32.2. The van der Waals surface area contributed by atoms with E-state index in [9.17, 15) is 18.3 Å². The number of anilines is 1. The van der Waals surface area contributed by atoms with Crippen LogP contribution >= 0.6 is 0 Å². The van der Waals surface area contributed by atoms with Crippen LogP contribution in [-0.2, 0) is 24.4 Å². The third kappa shape index (κ3) is 5.75. The van der Waals surface area contributed by atoms with Crippen molar-refractivity contribution in [2.75, 3.05) is 12.1 Å². The van der Waals surface area contributed by atoms with E-state index in [4.69, 9.17) is 9.57 Å². The van der Waals surface area contributed by atoms with E-state index >= 15 is 0 Å². The SMILES string of the molecule is Cc1cccc(C)c1NC(=O)C(O)S(=O)(=O)N(OCOC(C)C)C(C)C. The van der Waals surface area contributed by atoms with Crippen molar-refractivity contribution in [2.45, 2.75) is 59.1 Å². The Bertz CT molecular complexity index is 698. The first-order valence-electron chi connectivity index (χ1n) is 8.31. The lowest BCUT2D eigenvalue weighted by Crippen LogP contribution is -2.47. The number of ether oxygens (including phenoxy) is 1. The van der Waals surface area contributed by atoms with Crippen LogP contribution in [0.2, 0.25) is 0 Å². The monoisotopic (exact) mass is 388 g/mol. The lowest BCUT2D eigenvalue weighted by molar-refractivity contribution is -0.197. The molecule has 0 aliphatic carbocycles. The Labute approximate surface area is 155 Å². The fraction of sp³-hybridized carbons (Fsp3) is 0.588. The van der Waals surface area contributed by atoms with Gasteiger partial charge in [-0.05, 0) is 52.7 Å². The average molecular weight is 388 g/mol. The number of hydrogen-bond acceptors (Lipinski definition) is 6. The molecule has 0 fully saturated rings. The van der Waals surface area contributed by atoms with Gasteiger partial charge in [-0.15, -0.1) is 0 Å². The largest absolute Gasteiger partial charge is 0.368 e. The van der Waals surface area contributed by atoms with Crippen LogP contribution in [0.3, 0.4) is 0 Å². The van der Waals surface area contributed by atoms with Crippen LogP contribution < -0.4 is 5.32 Å². The molecule has 148 valence electrons. The van der Waals surface area contributed by atoms with Crippen molar-refractivity contribution < 1.29 is 27.9 Å². The maximum absolute atomic E-state index is 12.6. The van der Waals surface area contributed by atoms with Gasteiger partial charge < -0.3 is 15.2 Å². The molecule has 0 aliphatic heterocycles. The van der Waals surface area contributed by atoms with Gasteiger partial charge in [-0.1, -0.05) is 22.7 Å². The first kappa shape index (κ1) is 22.5. The number of para-hydroxylation sites is 1. The summed E-state index contributed by atoms with van der Waals surface area (Å²) in [5, 5.41) is 12.6. The average Bonchev–Trinajstić information content (AvgIpc) is 2.53. The number of nitrogens with one attached hydrogen (secondary N) is 1. The number of rotatable bonds is 9. The van der Waals surface area contributed by atoms with Crippen molar-refractivity contribution in [3.63, 3.8) is 0 Å². The molecule has 1 aromatic rings. The molecule has 1 rings (SSSR count). The minimum atomic E-state index is -4.47. The summed E-state index contributed by atoms with van der Waals surface area (Å²) in [5.41, 5.74) is -0.342. The van der Waals surface area contributed by atoms with Gasteiger partial charge in [0.15, 0.2) is 6.79 Å². The Morgan fingerprint density at radius 2 is 1.73 bits per heavy atom. The van der Waals surface area contributed by atoms with Gasteiger partial charge in [-0.3, -0.25) is 9.63 Å². The molecule has 1 atom stereocenters. The van der Waals surface area contributed by atoms with Gasteiger partial charge in [-0.2, -0.15) is 0 Å². The Morgan fingerprint density at radius 1 is 1.19 bits per heavy atom. The van der Waals surface area contributed by atoms with E-state index in [2.05, 4.69) is 5.32 Å². The molecular weight excluding hydrogens is 360 g/mol. The summed E-state index contributed by atoms with van der Waals surface area (Å²) in [6.07, 6.45) is -0.163. The highest BCUT2D eigenvalue weighted by Crippen LogP contribution is 2.21. The Morgan fingerprint density at radius 3 is 2.19 bits per heavy atom. The quantitative estimate of drug-likeness (QED) is 0.495. The molecule has 9 heteroatoms. The zero-order chi connectivity index (χ0) is 20.1. The Kier molecular flexibility index (Phi) is 8.16. The molecule has 0 aromatic heterocycles. The van der Waals surface area contributed by atoms with Crippen molar-refractivity contribution >= 4 is 21.6 Å². The Hall–Kier alpha value is -1.52. The van der Waals surface area contributed by atoms with E-state index in [1.54, 1.807) is 53.7 Å². The van der Waals surface area contributed by atoms with E-state index in [0.29, 0.717) is 10.2 Å². The number of sulfonamides is 1. The van der Waals surface area contributed by atoms with E-state index in [0.717, 1.165) is 11.1 Å². The topological polar surface area (TPSA) is 105 Å². The van der Waals surface area contributed by atoms with Crippen molar-refractivity contribution in [2.24, 2.45) is 0 Å². The number of nitrogens with zero attached hydrogens (tertiary/aromatic N) is 1. The van der Waals surface area contributed by atoms with Gasteiger partial charge in [0, 0.05) is 11.7 Å². The van der Waals surface area contributed by atoms with Crippen molar-refractivity contribution in [1.29, 1.82) is 0 Å². The minimum absolute atomic E-state index is 0.163. The molecule has 0 spiro atoms. The number of amides is 1. The van der Waals surface area contributed by atoms with Crippen LogP contribution in [0.4, 0.5) is 5.69 Å². The molecule has 0 aliphatic rings. The van der Waals surface area contributed by atoms with Gasteiger partial charge in [0.25, 0.3) is 21.4 Å². The van der Waals surface area contributed by atoms with E-state index < -0.39 is 27.4 Å². The molecule has 1 unspecified atom stereocenters. The normalized spacial score (nSPS) is 13.5. The number of aliphatic hydroxyl groups excluding tert-OH is 1. The lowest BCUT2D eigenvalue weighted by atomic mass is 10.1. The van der Waals surface area contributed by atoms with Gasteiger partial charge in [0.1, 0.15) is 0 Å². The summed E-state index contributed by atoms with van der Waals surface area (Å²) in [7, 11) is -4.47. The minimum Gasteiger partial charge on any atom is -0.368 e. The predicted molar refractivity (Wildman–Crippen MR) is 98.6 cm³/mol. The molecule has 1 amide bonds. The van der Waals surface area contributed by atoms with Crippen molar-refractivity contribution in [3.8, 4) is 0 Å². The lowest BCUT2D eigenvalue weighted by Gasteiger charge is -2.27. The van der Waals surface area contributed by atoms with E-state index in [1.165, 1.54) is 0 Å². The van der Waals surface area contributed by atoms with E-state index in [1.807, 2.05) is 6.07 Å². The van der Waals surface area contributed by atoms with Crippen LogP contribution in [0.15, 0.2) is 18.2 Å². The molecule has 2 N–H and O–H groups in total. The standard InChI is InChI=1S/C17H28N2O6S/c1-11(2)19(25-10-24-12(3)4)26(22,23)17(21)16(20)18-15-13(5)8-7-9-14(15)6/h7-9,11-12,17,21H,10H2,1-6H3,(H,18,20). The summed E-state index contributed by atoms with van der Waals surface area (Å²) in [6.45, 7) is 9.88. The first-order chi connectivity index (χ1) is 12.0. The van der Waals surface area contributed by atoms with Gasteiger partial charge in [-0.25, -0.2) is 8.42 Å². The second-order valence-corrected chi connectivity index (χ2v) is 8.30. The highest BCUT2D eigenvalue weighted by Gasteiger charge is 2.39. The zero-order valence-electron chi connectivity index (χ0n) is 16.0.